The van der Waals surface area contributed by atoms with Crippen LogP contribution in [0.2, 0.25) is 0 Å². The Bertz CT molecular complexity index is 905. The maximum Gasteiger partial charge on any atom is 0.260 e. The van der Waals surface area contributed by atoms with Crippen LogP contribution in [0.3, 0.4) is 0 Å². The number of aldehydes is 1. The lowest BCUT2D eigenvalue weighted by Crippen LogP contribution is -2.50. The predicted octanol–water partition coefficient (Wildman–Crippen LogP) is 3.09. The minimum absolute atomic E-state index is 0.00182. The van der Waals surface area contributed by atoms with Gasteiger partial charge in [0.15, 0.2) is 6.61 Å². The molecular formula is C31H57N5O7S. The molecule has 1 fully saturated rings. The number of carbonyl (C=O) groups excluding carboxylic acids is 4. The third kappa shape index (κ3) is 19.2. The van der Waals surface area contributed by atoms with E-state index in [-0.39, 0.29) is 35.8 Å². The third-order valence-corrected chi connectivity index (χ3v) is 7.71. The average molecular weight is 644 g/mol. The van der Waals surface area contributed by atoms with Crippen molar-refractivity contribution in [2.75, 3.05) is 58.4 Å². The van der Waals surface area contributed by atoms with E-state index in [0.717, 1.165) is 37.1 Å². The van der Waals surface area contributed by atoms with E-state index < -0.39 is 11.5 Å². The van der Waals surface area contributed by atoms with Crippen LogP contribution in [0, 0.1) is 10.8 Å². The first kappa shape index (κ1) is 39.8. The van der Waals surface area contributed by atoms with Gasteiger partial charge in [0, 0.05) is 30.8 Å². The number of nitrogens with one attached hydrogen (secondary N) is 3. The molecule has 3 amide bonds. The highest BCUT2D eigenvalue weighted by molar-refractivity contribution is 7.97. The molecule has 0 aliphatic carbocycles. The fourth-order valence-electron chi connectivity index (χ4n) is 3.98. The Balaban J connectivity index is 2.28. The van der Waals surface area contributed by atoms with Crippen molar-refractivity contribution in [2.24, 2.45) is 16.0 Å². The van der Waals surface area contributed by atoms with Gasteiger partial charge in [-0.25, -0.2) is 4.31 Å². The summed E-state index contributed by atoms with van der Waals surface area (Å²) in [6.07, 6.45) is 5.36. The smallest absolute Gasteiger partial charge is 0.260 e. The summed E-state index contributed by atoms with van der Waals surface area (Å²) >= 11 is 1.65. The van der Waals surface area contributed by atoms with Crippen LogP contribution in [0.1, 0.15) is 87.0 Å². The summed E-state index contributed by atoms with van der Waals surface area (Å²) < 4.78 is 13.2. The minimum atomic E-state index is -0.679. The summed E-state index contributed by atoms with van der Waals surface area (Å²) in [5, 5.41) is 12.5. The molecule has 1 rings (SSSR count). The summed E-state index contributed by atoms with van der Waals surface area (Å²) in [7, 11) is 0. The van der Waals surface area contributed by atoms with Gasteiger partial charge in [-0.15, -0.1) is 0 Å². The van der Waals surface area contributed by atoms with Crippen LogP contribution in [-0.4, -0.2) is 105 Å². The highest BCUT2D eigenvalue weighted by Crippen LogP contribution is 2.24. The van der Waals surface area contributed by atoms with E-state index in [9.17, 15) is 19.2 Å². The van der Waals surface area contributed by atoms with E-state index in [1.54, 1.807) is 32.7 Å². The molecule has 0 aromatic heterocycles. The van der Waals surface area contributed by atoms with Crippen molar-refractivity contribution in [3.05, 3.63) is 0 Å². The molecular weight excluding hydrogens is 586 g/mol. The van der Waals surface area contributed by atoms with E-state index in [1.807, 2.05) is 6.92 Å². The zero-order valence-electron chi connectivity index (χ0n) is 28.0. The third-order valence-electron chi connectivity index (χ3n) is 6.54. The molecule has 1 saturated heterocycles. The van der Waals surface area contributed by atoms with Crippen molar-refractivity contribution in [1.29, 1.82) is 0 Å². The van der Waals surface area contributed by atoms with Crippen molar-refractivity contribution < 1.29 is 33.5 Å². The molecule has 0 unspecified atom stereocenters. The van der Waals surface area contributed by atoms with Crippen LogP contribution >= 0.6 is 11.9 Å². The van der Waals surface area contributed by atoms with Gasteiger partial charge in [-0.05, 0) is 50.9 Å². The first-order valence-corrected chi connectivity index (χ1v) is 16.7. The Morgan fingerprint density at radius 2 is 1.75 bits per heavy atom. The van der Waals surface area contributed by atoms with E-state index in [4.69, 9.17) is 14.3 Å². The van der Waals surface area contributed by atoms with Crippen molar-refractivity contribution >= 4 is 41.7 Å². The van der Waals surface area contributed by atoms with Gasteiger partial charge in [0.05, 0.1) is 38.2 Å². The number of rotatable bonds is 22. The summed E-state index contributed by atoms with van der Waals surface area (Å²) in [4.78, 5) is 53.8. The molecule has 3 N–H and O–H groups in total. The fraction of sp³-hybridized carbons (Fsp3) is 0.839. The van der Waals surface area contributed by atoms with Crippen LogP contribution in [0.15, 0.2) is 5.16 Å². The molecule has 0 aromatic carbocycles. The number of oxime groups is 1. The molecule has 1 aliphatic heterocycles. The van der Waals surface area contributed by atoms with Crippen molar-refractivity contribution in [3.63, 3.8) is 0 Å². The fourth-order valence-corrected chi connectivity index (χ4v) is 5.21. The zero-order valence-corrected chi connectivity index (χ0v) is 28.8. The van der Waals surface area contributed by atoms with Gasteiger partial charge >= 0.3 is 0 Å². The Kier molecular flexibility index (Phi) is 19.5. The van der Waals surface area contributed by atoms with Gasteiger partial charge < -0.3 is 35.1 Å². The lowest BCUT2D eigenvalue weighted by molar-refractivity contribution is -0.133. The monoisotopic (exact) mass is 643 g/mol. The van der Waals surface area contributed by atoms with Gasteiger partial charge in [0.1, 0.15) is 12.3 Å². The molecule has 0 spiro atoms. The Labute approximate surface area is 268 Å². The average Bonchev–Trinajstić information content (AvgIpc) is 3.39. The number of amides is 3. The number of carbonyl (C=O) groups is 4. The number of hydrogen-bond acceptors (Lipinski definition) is 10. The molecule has 0 radical (unpaired) electrons. The normalized spacial score (nSPS) is 16.8. The van der Waals surface area contributed by atoms with Gasteiger partial charge in [0.2, 0.25) is 11.8 Å². The quantitative estimate of drug-likeness (QED) is 0.0532. The van der Waals surface area contributed by atoms with Crippen LogP contribution in [-0.2, 0) is 33.5 Å². The summed E-state index contributed by atoms with van der Waals surface area (Å²) in [5.41, 5.74) is 0.257. The summed E-state index contributed by atoms with van der Waals surface area (Å²) in [5.74, 6) is 0.0566. The molecule has 1 heterocycles. The van der Waals surface area contributed by atoms with Gasteiger partial charge in [0.25, 0.3) is 5.91 Å². The highest BCUT2D eigenvalue weighted by Gasteiger charge is 2.27. The molecule has 13 heteroatoms. The van der Waals surface area contributed by atoms with Crippen molar-refractivity contribution in [2.45, 2.75) is 99.1 Å². The summed E-state index contributed by atoms with van der Waals surface area (Å²) in [6.45, 7) is 17.0. The molecule has 12 nitrogen and oxygen atoms in total. The molecule has 0 saturated carbocycles. The second-order valence-corrected chi connectivity index (χ2v) is 14.4. The number of hydrogen-bond donors (Lipinski definition) is 3. The maximum atomic E-state index is 12.8. The molecule has 0 aromatic rings. The Morgan fingerprint density at radius 1 is 1.02 bits per heavy atom. The Morgan fingerprint density at radius 3 is 2.43 bits per heavy atom. The number of unbranched alkanes of at least 4 members (excludes halogenated alkanes) is 1. The number of ether oxygens (including phenoxy) is 2. The second-order valence-electron chi connectivity index (χ2n) is 13.3. The zero-order chi connectivity index (χ0) is 33.0. The highest BCUT2D eigenvalue weighted by atomic mass is 32.2. The summed E-state index contributed by atoms with van der Waals surface area (Å²) in [6, 6.07) is -0.678. The lowest BCUT2D eigenvalue weighted by Gasteiger charge is -2.24. The second kappa shape index (κ2) is 21.5. The van der Waals surface area contributed by atoms with Crippen molar-refractivity contribution in [1.82, 2.24) is 20.3 Å². The van der Waals surface area contributed by atoms with Crippen LogP contribution in [0.4, 0.5) is 0 Å². The minimum Gasteiger partial charge on any atom is -0.386 e. The largest absolute Gasteiger partial charge is 0.386 e. The SMILES string of the molecule is C/C(CCSN1CCC[C@H]1C=O)=N\OCC(=O)NCCCC[C@H](NC(=O)C(C)(C)C)C(=O)NCCOCCOCC(C)(C)C. The van der Waals surface area contributed by atoms with E-state index in [0.29, 0.717) is 65.2 Å². The molecule has 1 aliphatic rings. The molecule has 254 valence electrons. The Hall–Kier alpha value is -2.22. The number of nitrogens with zero attached hydrogens (tertiary/aromatic N) is 2. The van der Waals surface area contributed by atoms with E-state index in [2.05, 4.69) is 46.2 Å². The molecule has 44 heavy (non-hydrogen) atoms. The van der Waals surface area contributed by atoms with Crippen molar-refractivity contribution in [3.8, 4) is 0 Å². The topological polar surface area (TPSA) is 148 Å². The first-order valence-electron chi connectivity index (χ1n) is 15.7. The van der Waals surface area contributed by atoms with E-state index >= 15 is 0 Å². The van der Waals surface area contributed by atoms with Gasteiger partial charge in [-0.3, -0.25) is 14.4 Å². The van der Waals surface area contributed by atoms with Crippen LogP contribution < -0.4 is 16.0 Å². The molecule has 0 bridgehead atoms. The van der Waals surface area contributed by atoms with Gasteiger partial charge in [-0.1, -0.05) is 58.6 Å². The predicted molar refractivity (Wildman–Crippen MR) is 174 cm³/mol. The van der Waals surface area contributed by atoms with Gasteiger partial charge in [-0.2, -0.15) is 0 Å². The lowest BCUT2D eigenvalue weighted by atomic mass is 9.94. The van der Waals surface area contributed by atoms with E-state index in [1.165, 1.54) is 0 Å². The van der Waals surface area contributed by atoms with Crippen LogP contribution in [0.5, 0.6) is 0 Å². The molecule has 2 atom stereocenters. The maximum absolute atomic E-state index is 12.8. The standard InChI is InChI=1S/C31H57N5O7S/c1-24(13-20-44-36-16-10-11-25(36)21-37)35-43-22-27(38)32-14-9-8-12-26(34-29(40)31(5,6)7)28(39)33-15-17-41-18-19-42-23-30(2,3)4/h21,25-26H,8-20,22-23H2,1-7H3,(H,32,38)(H,33,39)(H,34,40)/b35-24+/t25-,26-/m0/s1. The first-order chi connectivity index (χ1) is 20.7. The van der Waals surface area contributed by atoms with Crippen LogP contribution in [0.25, 0.3) is 0 Å².